The largest absolute Gasteiger partial charge is 0.493 e. The van der Waals surface area contributed by atoms with E-state index in [1.807, 2.05) is 24.3 Å². The van der Waals surface area contributed by atoms with Crippen molar-refractivity contribution in [1.82, 2.24) is 0 Å². The third-order valence-electron chi connectivity index (χ3n) is 4.14. The van der Waals surface area contributed by atoms with Crippen LogP contribution < -0.4 is 15.2 Å². The van der Waals surface area contributed by atoms with Gasteiger partial charge in [0.25, 0.3) is 5.91 Å². The number of ether oxygens (including phenoxy) is 3. The molecule has 8 heteroatoms. The number of rotatable bonds is 7. The Labute approximate surface area is 172 Å². The van der Waals surface area contributed by atoms with Gasteiger partial charge < -0.3 is 19.9 Å². The van der Waals surface area contributed by atoms with Crippen molar-refractivity contribution in [2.24, 2.45) is 10.7 Å². The van der Waals surface area contributed by atoms with Crippen LogP contribution in [0, 0.1) is 0 Å². The summed E-state index contributed by atoms with van der Waals surface area (Å²) in [6, 6.07) is 10.8. The zero-order chi connectivity index (χ0) is 21.0. The van der Waals surface area contributed by atoms with E-state index in [1.165, 1.54) is 18.7 Å². The number of carbonyl (C=O) groups excluding carboxylic acids is 2. The van der Waals surface area contributed by atoms with Crippen molar-refractivity contribution in [3.8, 4) is 11.5 Å². The molecule has 150 valence electrons. The number of amides is 1. The van der Waals surface area contributed by atoms with Gasteiger partial charge in [-0.1, -0.05) is 30.7 Å². The molecule has 0 saturated carbocycles. The van der Waals surface area contributed by atoms with Crippen molar-refractivity contribution in [2.75, 3.05) is 13.7 Å². The van der Waals surface area contributed by atoms with Crippen LogP contribution >= 0.6 is 11.6 Å². The maximum Gasteiger partial charge on any atom is 0.363 e. The number of esters is 1. The number of primary amides is 1. The first-order valence-corrected chi connectivity index (χ1v) is 9.19. The molecule has 0 radical (unpaired) electrons. The van der Waals surface area contributed by atoms with Gasteiger partial charge in [-0.3, -0.25) is 4.79 Å². The molecule has 0 bridgehead atoms. The number of cyclic esters (lactones) is 1. The zero-order valence-corrected chi connectivity index (χ0v) is 16.7. The quantitative estimate of drug-likeness (QED) is 0.554. The summed E-state index contributed by atoms with van der Waals surface area (Å²) in [6.45, 7) is 1.72. The van der Waals surface area contributed by atoms with Crippen molar-refractivity contribution in [3.63, 3.8) is 0 Å². The minimum atomic E-state index is -0.642. The highest BCUT2D eigenvalue weighted by atomic mass is 35.5. The van der Waals surface area contributed by atoms with E-state index in [9.17, 15) is 9.59 Å². The molecule has 1 aliphatic heterocycles. The average Bonchev–Trinajstić information content (AvgIpc) is 3.07. The number of carbonyl (C=O) groups is 2. The Morgan fingerprint density at radius 3 is 2.62 bits per heavy atom. The Balaban J connectivity index is 1.90. The molecule has 2 aromatic carbocycles. The lowest BCUT2D eigenvalue weighted by atomic mass is 10.1. The van der Waals surface area contributed by atoms with Crippen LogP contribution in [-0.2, 0) is 20.7 Å². The van der Waals surface area contributed by atoms with Gasteiger partial charge in [-0.2, -0.15) is 0 Å². The molecule has 2 N–H and O–H groups in total. The van der Waals surface area contributed by atoms with Crippen molar-refractivity contribution >= 4 is 35.5 Å². The predicted molar refractivity (Wildman–Crippen MR) is 109 cm³/mol. The number of benzene rings is 2. The molecule has 0 saturated heterocycles. The van der Waals surface area contributed by atoms with Crippen LogP contribution in [0.1, 0.15) is 23.6 Å². The second-order valence-electron chi connectivity index (χ2n) is 6.18. The molecule has 0 atom stereocenters. The number of aryl methyl sites for hydroxylation is 1. The Kier molecular flexibility index (Phi) is 6.19. The van der Waals surface area contributed by atoms with Crippen LogP contribution in [0.15, 0.2) is 47.1 Å². The van der Waals surface area contributed by atoms with Crippen molar-refractivity contribution < 1.29 is 23.8 Å². The summed E-state index contributed by atoms with van der Waals surface area (Å²) in [4.78, 5) is 27.4. The molecule has 1 heterocycles. The van der Waals surface area contributed by atoms with Crippen molar-refractivity contribution in [3.05, 3.63) is 63.8 Å². The van der Waals surface area contributed by atoms with E-state index in [0.29, 0.717) is 11.1 Å². The lowest BCUT2D eigenvalue weighted by Crippen LogP contribution is -2.20. The molecule has 7 nitrogen and oxygen atoms in total. The molecule has 0 aromatic heterocycles. The summed E-state index contributed by atoms with van der Waals surface area (Å²) < 4.78 is 15.8. The summed E-state index contributed by atoms with van der Waals surface area (Å²) in [5, 5.41) is 0.197. The minimum absolute atomic E-state index is 0.128. The Morgan fingerprint density at radius 1 is 1.28 bits per heavy atom. The normalized spacial score (nSPS) is 14.5. The molecule has 0 aliphatic carbocycles. The van der Waals surface area contributed by atoms with E-state index >= 15 is 0 Å². The SMILES string of the molecule is CCc1ccc(C2=NC(=Cc3cc(Cl)c(OCC(N)=O)c(OC)c3)C(=O)O2)cc1. The third kappa shape index (κ3) is 4.75. The van der Waals surface area contributed by atoms with E-state index in [2.05, 4.69) is 11.9 Å². The van der Waals surface area contributed by atoms with Gasteiger partial charge in [-0.05, 0) is 47.9 Å². The predicted octanol–water partition coefficient (Wildman–Crippen LogP) is 3.12. The summed E-state index contributed by atoms with van der Waals surface area (Å²) >= 11 is 6.23. The summed E-state index contributed by atoms with van der Waals surface area (Å²) in [5.74, 6) is -0.496. The van der Waals surface area contributed by atoms with Gasteiger partial charge in [-0.15, -0.1) is 0 Å². The van der Waals surface area contributed by atoms with E-state index in [0.717, 1.165) is 6.42 Å². The van der Waals surface area contributed by atoms with E-state index in [1.54, 1.807) is 12.1 Å². The van der Waals surface area contributed by atoms with Gasteiger partial charge in [0.1, 0.15) is 0 Å². The number of methoxy groups -OCH3 is 1. The fraction of sp³-hybridized carbons (Fsp3) is 0.190. The summed E-state index contributed by atoms with van der Waals surface area (Å²) in [5.41, 5.74) is 7.66. The first-order valence-electron chi connectivity index (χ1n) is 8.81. The molecular formula is C21H19ClN2O5. The minimum Gasteiger partial charge on any atom is -0.493 e. The zero-order valence-electron chi connectivity index (χ0n) is 15.9. The molecule has 0 spiro atoms. The summed E-state index contributed by atoms with van der Waals surface area (Å²) in [7, 11) is 1.43. The van der Waals surface area contributed by atoms with Crippen LogP contribution in [0.2, 0.25) is 5.02 Å². The second kappa shape index (κ2) is 8.79. The Bertz CT molecular complexity index is 1010. The molecule has 3 rings (SSSR count). The first kappa shape index (κ1) is 20.4. The van der Waals surface area contributed by atoms with Crippen molar-refractivity contribution in [1.29, 1.82) is 0 Å². The monoisotopic (exact) mass is 414 g/mol. The fourth-order valence-electron chi connectivity index (χ4n) is 2.68. The Hall–Kier alpha value is -3.32. The number of hydrogen-bond donors (Lipinski definition) is 1. The van der Waals surface area contributed by atoms with E-state index in [4.69, 9.17) is 31.5 Å². The fourth-order valence-corrected chi connectivity index (χ4v) is 2.95. The second-order valence-corrected chi connectivity index (χ2v) is 6.58. The van der Waals surface area contributed by atoms with Crippen LogP contribution in [0.25, 0.3) is 6.08 Å². The van der Waals surface area contributed by atoms with E-state index < -0.39 is 11.9 Å². The smallest absolute Gasteiger partial charge is 0.363 e. The molecule has 1 amide bonds. The number of hydrogen-bond acceptors (Lipinski definition) is 6. The summed E-state index contributed by atoms with van der Waals surface area (Å²) in [6.07, 6.45) is 2.45. The highest BCUT2D eigenvalue weighted by molar-refractivity contribution is 6.32. The lowest BCUT2D eigenvalue weighted by molar-refractivity contribution is -0.130. The van der Waals surface area contributed by atoms with Gasteiger partial charge >= 0.3 is 5.97 Å². The molecule has 1 aliphatic rings. The first-order chi connectivity index (χ1) is 13.9. The highest BCUT2D eigenvalue weighted by Gasteiger charge is 2.24. The van der Waals surface area contributed by atoms with Gasteiger partial charge in [0.2, 0.25) is 5.90 Å². The maximum absolute atomic E-state index is 12.2. The van der Waals surface area contributed by atoms with E-state index in [-0.39, 0.29) is 34.7 Å². The number of aliphatic imine (C=N–C) groups is 1. The molecule has 0 fully saturated rings. The van der Waals surface area contributed by atoms with Crippen LogP contribution in [0.4, 0.5) is 0 Å². The maximum atomic E-state index is 12.2. The van der Waals surface area contributed by atoms with Crippen LogP contribution in [-0.4, -0.2) is 31.5 Å². The van der Waals surface area contributed by atoms with Gasteiger partial charge in [-0.25, -0.2) is 9.79 Å². The number of nitrogens with zero attached hydrogens (tertiary/aromatic N) is 1. The number of nitrogens with two attached hydrogens (primary N) is 1. The average molecular weight is 415 g/mol. The highest BCUT2D eigenvalue weighted by Crippen LogP contribution is 2.37. The third-order valence-corrected chi connectivity index (χ3v) is 4.42. The van der Waals surface area contributed by atoms with Gasteiger partial charge in [0.15, 0.2) is 23.8 Å². The van der Waals surface area contributed by atoms with Crippen molar-refractivity contribution in [2.45, 2.75) is 13.3 Å². The number of halogens is 1. The van der Waals surface area contributed by atoms with Gasteiger partial charge in [0.05, 0.1) is 12.1 Å². The standard InChI is InChI=1S/C21H19ClN2O5/c1-3-12-4-6-14(7-5-12)20-24-16(21(26)29-20)9-13-8-15(22)19(17(10-13)27-2)28-11-18(23)25/h4-10H,3,11H2,1-2H3,(H2,23,25). The molecule has 29 heavy (non-hydrogen) atoms. The Morgan fingerprint density at radius 2 is 2.00 bits per heavy atom. The van der Waals surface area contributed by atoms with Crippen LogP contribution in [0.3, 0.4) is 0 Å². The van der Waals surface area contributed by atoms with Crippen LogP contribution in [0.5, 0.6) is 11.5 Å². The molecule has 2 aromatic rings. The van der Waals surface area contributed by atoms with Gasteiger partial charge in [0, 0.05) is 5.56 Å². The molecule has 0 unspecified atom stereocenters. The molecular weight excluding hydrogens is 396 g/mol. The lowest BCUT2D eigenvalue weighted by Gasteiger charge is -2.12. The topological polar surface area (TPSA) is 100 Å².